The van der Waals surface area contributed by atoms with Crippen LogP contribution in [0.4, 0.5) is 0 Å². The van der Waals surface area contributed by atoms with E-state index in [1.54, 1.807) is 23.9 Å². The summed E-state index contributed by atoms with van der Waals surface area (Å²) in [4.78, 5) is 16.6. The Labute approximate surface area is 134 Å². The van der Waals surface area contributed by atoms with Gasteiger partial charge >= 0.3 is 0 Å². The van der Waals surface area contributed by atoms with Crippen molar-refractivity contribution in [3.63, 3.8) is 0 Å². The molecule has 0 aliphatic carbocycles. The molecule has 2 aromatic rings. The molecule has 2 fully saturated rings. The van der Waals surface area contributed by atoms with Crippen LogP contribution in [-0.2, 0) is 11.3 Å². The lowest BCUT2D eigenvalue weighted by Crippen LogP contribution is -2.41. The van der Waals surface area contributed by atoms with Gasteiger partial charge in [-0.05, 0) is 38.3 Å². The maximum atomic E-state index is 6.29. The van der Waals surface area contributed by atoms with Crippen LogP contribution in [0.5, 0.6) is 0 Å². The van der Waals surface area contributed by atoms with E-state index in [0.717, 1.165) is 31.7 Å². The van der Waals surface area contributed by atoms with Crippen LogP contribution in [0, 0.1) is 12.8 Å². The lowest BCUT2D eigenvalue weighted by Gasteiger charge is -2.33. The molecule has 6 heteroatoms. The maximum absolute atomic E-state index is 6.29. The Bertz CT molecular complexity index is 632. The smallest absolute Gasteiger partial charge is 0.115 e. The highest BCUT2D eigenvalue weighted by molar-refractivity contribution is 7.09. The van der Waals surface area contributed by atoms with Crippen molar-refractivity contribution < 1.29 is 4.74 Å². The van der Waals surface area contributed by atoms with Gasteiger partial charge in [0.1, 0.15) is 12.4 Å². The van der Waals surface area contributed by atoms with E-state index in [9.17, 15) is 0 Å². The van der Waals surface area contributed by atoms with Crippen LogP contribution >= 0.6 is 11.3 Å². The van der Waals surface area contributed by atoms with E-state index in [2.05, 4.69) is 26.8 Å². The molecule has 0 aromatic carbocycles. The van der Waals surface area contributed by atoms with E-state index in [4.69, 9.17) is 4.74 Å². The number of thiazole rings is 1. The van der Waals surface area contributed by atoms with Crippen LogP contribution in [0.15, 0.2) is 24.1 Å². The van der Waals surface area contributed by atoms with Gasteiger partial charge in [-0.3, -0.25) is 4.90 Å². The topological polar surface area (TPSA) is 51.1 Å². The lowest BCUT2D eigenvalue weighted by atomic mass is 9.91. The molecule has 0 unspecified atom stereocenters. The number of ether oxygens (including phenoxy) is 1. The number of likely N-dealkylation sites (tertiary alicyclic amines) is 1. The van der Waals surface area contributed by atoms with Gasteiger partial charge in [-0.1, -0.05) is 0 Å². The van der Waals surface area contributed by atoms with E-state index in [1.165, 1.54) is 17.0 Å². The molecule has 2 aliphatic heterocycles. The van der Waals surface area contributed by atoms with Crippen molar-refractivity contribution in [2.45, 2.75) is 38.5 Å². The van der Waals surface area contributed by atoms with Crippen molar-refractivity contribution in [3.05, 3.63) is 40.4 Å². The Morgan fingerprint density at radius 1 is 1.41 bits per heavy atom. The Hall–Kier alpha value is -1.37. The number of aryl methyl sites for hydroxylation is 1. The van der Waals surface area contributed by atoms with E-state index < -0.39 is 0 Å². The molecule has 0 radical (unpaired) electrons. The van der Waals surface area contributed by atoms with Crippen molar-refractivity contribution in [2.75, 3.05) is 13.1 Å². The standard InChI is InChI=1S/C16H20N4OS/c1-11-16(22-10-19-11)8-20-5-3-12-6-14(21-15(12)7-20)13-2-4-17-9-18-13/h2,4,9-10,12,14-15H,3,5-8H2,1H3/t12-,14+,15+/m0/s1. The van der Waals surface area contributed by atoms with Gasteiger partial charge in [0.25, 0.3) is 0 Å². The molecule has 0 saturated carbocycles. The minimum absolute atomic E-state index is 0.142. The number of aromatic nitrogens is 3. The second-order valence-electron chi connectivity index (χ2n) is 6.18. The molecule has 0 bridgehead atoms. The third-order valence-corrected chi connectivity index (χ3v) is 5.70. The van der Waals surface area contributed by atoms with Gasteiger partial charge in [0.05, 0.1) is 23.0 Å². The molecule has 4 rings (SSSR count). The first-order valence-electron chi connectivity index (χ1n) is 7.82. The summed E-state index contributed by atoms with van der Waals surface area (Å²) < 4.78 is 6.29. The quantitative estimate of drug-likeness (QED) is 0.871. The Balaban J connectivity index is 1.40. The molecule has 3 atom stereocenters. The molecular formula is C16H20N4OS. The minimum atomic E-state index is 0.142. The van der Waals surface area contributed by atoms with Gasteiger partial charge < -0.3 is 4.74 Å². The van der Waals surface area contributed by atoms with Crippen molar-refractivity contribution in [3.8, 4) is 0 Å². The Morgan fingerprint density at radius 2 is 2.36 bits per heavy atom. The average molecular weight is 316 g/mol. The first-order chi connectivity index (χ1) is 10.8. The summed E-state index contributed by atoms with van der Waals surface area (Å²) in [5, 5.41) is 0. The molecule has 2 aromatic heterocycles. The fraction of sp³-hybridized carbons (Fsp3) is 0.562. The molecule has 2 aliphatic rings. The summed E-state index contributed by atoms with van der Waals surface area (Å²) >= 11 is 1.76. The van der Waals surface area contributed by atoms with Crippen LogP contribution < -0.4 is 0 Å². The van der Waals surface area contributed by atoms with E-state index in [-0.39, 0.29) is 6.10 Å². The first-order valence-corrected chi connectivity index (χ1v) is 8.70. The molecule has 116 valence electrons. The fourth-order valence-electron chi connectivity index (χ4n) is 3.50. The maximum Gasteiger partial charge on any atom is 0.115 e. The zero-order chi connectivity index (χ0) is 14.9. The normalized spacial score (nSPS) is 28.7. The molecule has 4 heterocycles. The Kier molecular flexibility index (Phi) is 3.90. The summed E-state index contributed by atoms with van der Waals surface area (Å²) in [5.74, 6) is 0.666. The monoisotopic (exact) mass is 316 g/mol. The zero-order valence-corrected chi connectivity index (χ0v) is 13.5. The van der Waals surface area contributed by atoms with E-state index in [1.807, 2.05) is 11.6 Å². The molecule has 0 spiro atoms. The SMILES string of the molecule is Cc1ncsc1CN1CC[C@H]2C[C@H](c3ccncn3)O[C@@H]2C1. The first kappa shape index (κ1) is 14.2. The van der Waals surface area contributed by atoms with Gasteiger partial charge in [-0.25, -0.2) is 15.0 Å². The highest BCUT2D eigenvalue weighted by atomic mass is 32.1. The highest BCUT2D eigenvalue weighted by Crippen LogP contribution is 2.40. The average Bonchev–Trinajstić information content (AvgIpc) is 3.14. The van der Waals surface area contributed by atoms with Gasteiger partial charge in [0, 0.05) is 24.2 Å². The van der Waals surface area contributed by atoms with E-state index in [0.29, 0.717) is 12.0 Å². The number of fused-ring (bicyclic) bond motifs is 1. The van der Waals surface area contributed by atoms with Crippen molar-refractivity contribution in [1.29, 1.82) is 0 Å². The summed E-state index contributed by atoms with van der Waals surface area (Å²) in [6, 6.07) is 1.97. The number of rotatable bonds is 3. The van der Waals surface area contributed by atoms with Crippen LogP contribution in [0.25, 0.3) is 0 Å². The predicted octanol–water partition coefficient (Wildman–Crippen LogP) is 2.59. The fourth-order valence-corrected chi connectivity index (χ4v) is 4.32. The van der Waals surface area contributed by atoms with Crippen molar-refractivity contribution in [1.82, 2.24) is 19.9 Å². The van der Waals surface area contributed by atoms with Crippen LogP contribution in [0.1, 0.15) is 35.2 Å². The second-order valence-corrected chi connectivity index (χ2v) is 7.12. The highest BCUT2D eigenvalue weighted by Gasteiger charge is 2.40. The largest absolute Gasteiger partial charge is 0.367 e. The van der Waals surface area contributed by atoms with Crippen LogP contribution in [0.2, 0.25) is 0 Å². The van der Waals surface area contributed by atoms with Gasteiger partial charge in [0.15, 0.2) is 0 Å². The number of piperidine rings is 1. The Morgan fingerprint density at radius 3 is 3.14 bits per heavy atom. The molecule has 0 amide bonds. The molecule has 0 N–H and O–H groups in total. The third-order valence-electron chi connectivity index (χ3n) is 4.78. The number of hydrogen-bond donors (Lipinski definition) is 0. The molecular weight excluding hydrogens is 296 g/mol. The molecule has 5 nitrogen and oxygen atoms in total. The summed E-state index contributed by atoms with van der Waals surface area (Å²) in [6.07, 6.45) is 6.19. The number of nitrogens with zero attached hydrogens (tertiary/aromatic N) is 4. The predicted molar refractivity (Wildman–Crippen MR) is 84.5 cm³/mol. The van der Waals surface area contributed by atoms with Gasteiger partial charge in [-0.15, -0.1) is 11.3 Å². The van der Waals surface area contributed by atoms with Crippen LogP contribution in [0.3, 0.4) is 0 Å². The molecule has 2 saturated heterocycles. The van der Waals surface area contributed by atoms with Crippen molar-refractivity contribution >= 4 is 11.3 Å². The number of hydrogen-bond acceptors (Lipinski definition) is 6. The zero-order valence-electron chi connectivity index (χ0n) is 12.7. The van der Waals surface area contributed by atoms with E-state index >= 15 is 0 Å². The van der Waals surface area contributed by atoms with Crippen LogP contribution in [-0.4, -0.2) is 39.0 Å². The second kappa shape index (κ2) is 6.02. The van der Waals surface area contributed by atoms with Crippen molar-refractivity contribution in [2.24, 2.45) is 5.92 Å². The molecule has 22 heavy (non-hydrogen) atoms. The van der Waals surface area contributed by atoms with Gasteiger partial charge in [-0.2, -0.15) is 0 Å². The van der Waals surface area contributed by atoms with Gasteiger partial charge in [0.2, 0.25) is 0 Å². The lowest BCUT2D eigenvalue weighted by molar-refractivity contribution is -0.0105. The summed E-state index contributed by atoms with van der Waals surface area (Å²) in [5.41, 5.74) is 4.13. The minimum Gasteiger partial charge on any atom is -0.367 e. The summed E-state index contributed by atoms with van der Waals surface area (Å²) in [6.45, 7) is 5.26. The third kappa shape index (κ3) is 2.78. The summed E-state index contributed by atoms with van der Waals surface area (Å²) in [7, 11) is 0.